The monoisotopic (exact) mass is 268 g/mol. The van der Waals surface area contributed by atoms with Crippen molar-refractivity contribution in [2.75, 3.05) is 5.32 Å². The van der Waals surface area contributed by atoms with Crippen molar-refractivity contribution in [1.82, 2.24) is 5.32 Å². The molecule has 0 bridgehead atoms. The van der Waals surface area contributed by atoms with Crippen molar-refractivity contribution in [3.63, 3.8) is 0 Å². The zero-order chi connectivity index (χ0) is 13.9. The molecular weight excluding hydrogens is 263 g/mol. The summed E-state index contributed by atoms with van der Waals surface area (Å²) >= 11 is 0. The fraction of sp³-hybridized carbons (Fsp3) is 0.111. The van der Waals surface area contributed by atoms with Gasteiger partial charge in [-0.25, -0.2) is 13.6 Å². The number of halogens is 5. The molecule has 0 radical (unpaired) electrons. The van der Waals surface area contributed by atoms with Crippen molar-refractivity contribution >= 4 is 17.6 Å². The van der Waals surface area contributed by atoms with Gasteiger partial charge in [-0.1, -0.05) is 6.07 Å². The molecule has 4 nitrogen and oxygen atoms in total. The number of carbonyl (C=O) groups is 2. The van der Waals surface area contributed by atoms with E-state index in [1.165, 1.54) is 5.32 Å². The highest BCUT2D eigenvalue weighted by Gasteiger charge is 2.39. The lowest BCUT2D eigenvalue weighted by molar-refractivity contribution is -0.172. The number of anilines is 1. The molecule has 0 aromatic heterocycles. The Labute approximate surface area is 96.8 Å². The molecule has 0 saturated carbocycles. The van der Waals surface area contributed by atoms with Crippen LogP contribution in [-0.2, 0) is 4.79 Å². The number of hydrogen-bond donors (Lipinski definition) is 2. The number of amides is 3. The van der Waals surface area contributed by atoms with Crippen LogP contribution >= 0.6 is 0 Å². The molecule has 0 unspecified atom stereocenters. The van der Waals surface area contributed by atoms with Gasteiger partial charge in [0.15, 0.2) is 0 Å². The molecule has 0 heterocycles. The fourth-order valence-corrected chi connectivity index (χ4v) is 0.936. The Kier molecular flexibility index (Phi) is 3.84. The summed E-state index contributed by atoms with van der Waals surface area (Å²) in [6.07, 6.45) is -5.27. The molecule has 9 heteroatoms. The molecule has 3 amide bonds. The minimum atomic E-state index is -5.27. The molecule has 0 saturated heterocycles. The Bertz CT molecular complexity index is 466. The Hall–Kier alpha value is -2.19. The van der Waals surface area contributed by atoms with Gasteiger partial charge < -0.3 is 5.32 Å². The minimum Gasteiger partial charge on any atom is -0.302 e. The van der Waals surface area contributed by atoms with Crippen LogP contribution in [0.1, 0.15) is 0 Å². The van der Waals surface area contributed by atoms with E-state index < -0.39 is 35.4 Å². The summed E-state index contributed by atoms with van der Waals surface area (Å²) < 4.78 is 61.3. The van der Waals surface area contributed by atoms with Gasteiger partial charge in [0.2, 0.25) is 0 Å². The van der Waals surface area contributed by atoms with Crippen LogP contribution in [0.5, 0.6) is 0 Å². The standard InChI is InChI=1S/C9H5F5N2O2/c10-4-2-1-3-5(11)6(4)15-8(18)16-7(17)9(12,13)14/h1-3H,(H2,15,16,17,18). The molecule has 1 rings (SSSR count). The summed E-state index contributed by atoms with van der Waals surface area (Å²) in [6, 6.07) is 0.865. The molecular formula is C9H5F5N2O2. The van der Waals surface area contributed by atoms with E-state index in [1.54, 1.807) is 0 Å². The van der Waals surface area contributed by atoms with E-state index in [4.69, 9.17) is 0 Å². The van der Waals surface area contributed by atoms with Crippen molar-refractivity contribution in [3.05, 3.63) is 29.8 Å². The number of imide groups is 1. The lowest BCUT2D eigenvalue weighted by Crippen LogP contribution is -2.42. The Morgan fingerprint density at radius 3 is 2.00 bits per heavy atom. The SMILES string of the molecule is O=C(NC(=O)C(F)(F)F)Nc1c(F)cccc1F. The Morgan fingerprint density at radius 2 is 1.56 bits per heavy atom. The van der Waals surface area contributed by atoms with Gasteiger partial charge >= 0.3 is 18.1 Å². The van der Waals surface area contributed by atoms with Gasteiger partial charge in [0.25, 0.3) is 0 Å². The number of rotatable bonds is 1. The average molecular weight is 268 g/mol. The molecule has 0 aliphatic carbocycles. The quantitative estimate of drug-likeness (QED) is 0.767. The third-order valence-corrected chi connectivity index (χ3v) is 1.69. The van der Waals surface area contributed by atoms with Crippen molar-refractivity contribution in [2.24, 2.45) is 0 Å². The molecule has 2 N–H and O–H groups in total. The molecule has 0 aliphatic rings. The number of para-hydroxylation sites is 1. The summed E-state index contributed by atoms with van der Waals surface area (Å²) in [7, 11) is 0. The maximum absolute atomic E-state index is 13.0. The predicted molar refractivity (Wildman–Crippen MR) is 49.6 cm³/mol. The van der Waals surface area contributed by atoms with E-state index in [0.717, 1.165) is 23.5 Å². The van der Waals surface area contributed by atoms with E-state index in [2.05, 4.69) is 0 Å². The second-order valence-electron chi connectivity index (χ2n) is 3.00. The molecule has 98 valence electrons. The average Bonchev–Trinajstić information content (AvgIpc) is 2.22. The van der Waals surface area contributed by atoms with Crippen molar-refractivity contribution in [3.8, 4) is 0 Å². The smallest absolute Gasteiger partial charge is 0.302 e. The molecule has 18 heavy (non-hydrogen) atoms. The van der Waals surface area contributed by atoms with Crippen molar-refractivity contribution in [2.45, 2.75) is 6.18 Å². The van der Waals surface area contributed by atoms with Gasteiger partial charge in [0.05, 0.1) is 0 Å². The van der Waals surface area contributed by atoms with E-state index in [0.29, 0.717) is 0 Å². The molecule has 0 aliphatic heterocycles. The summed E-state index contributed by atoms with van der Waals surface area (Å²) in [5, 5.41) is 2.34. The van der Waals surface area contributed by atoms with Crippen LogP contribution in [0.25, 0.3) is 0 Å². The highest BCUT2D eigenvalue weighted by atomic mass is 19.4. The Morgan fingerprint density at radius 1 is 1.06 bits per heavy atom. The topological polar surface area (TPSA) is 58.2 Å². The van der Waals surface area contributed by atoms with Gasteiger partial charge in [-0.3, -0.25) is 10.1 Å². The van der Waals surface area contributed by atoms with Gasteiger partial charge in [-0.2, -0.15) is 13.2 Å². The highest BCUT2D eigenvalue weighted by Crippen LogP contribution is 2.18. The first-order chi connectivity index (χ1) is 8.21. The second kappa shape index (κ2) is 4.98. The predicted octanol–water partition coefficient (Wildman–Crippen LogP) is 2.18. The highest BCUT2D eigenvalue weighted by molar-refractivity contribution is 6.03. The lowest BCUT2D eigenvalue weighted by Gasteiger charge is -2.09. The van der Waals surface area contributed by atoms with Crippen molar-refractivity contribution < 1.29 is 31.5 Å². The first-order valence-electron chi connectivity index (χ1n) is 4.35. The normalized spacial score (nSPS) is 10.9. The first kappa shape index (κ1) is 13.9. The lowest BCUT2D eigenvalue weighted by atomic mass is 10.3. The minimum absolute atomic E-state index is 0.782. The van der Waals surface area contributed by atoms with Crippen LogP contribution in [0.4, 0.5) is 32.4 Å². The van der Waals surface area contributed by atoms with Crippen molar-refractivity contribution in [1.29, 1.82) is 0 Å². The first-order valence-corrected chi connectivity index (χ1v) is 4.35. The molecule has 0 spiro atoms. The third-order valence-electron chi connectivity index (χ3n) is 1.69. The molecule has 0 atom stereocenters. The zero-order valence-electron chi connectivity index (χ0n) is 8.44. The van der Waals surface area contributed by atoms with Crippen LogP contribution in [0.15, 0.2) is 18.2 Å². The second-order valence-corrected chi connectivity index (χ2v) is 3.00. The Balaban J connectivity index is 2.75. The number of alkyl halides is 3. The fourth-order valence-electron chi connectivity index (χ4n) is 0.936. The van der Waals surface area contributed by atoms with Gasteiger partial charge in [-0.15, -0.1) is 0 Å². The van der Waals surface area contributed by atoms with E-state index in [9.17, 15) is 31.5 Å². The summed E-state index contributed by atoms with van der Waals surface area (Å²) in [5.74, 6) is -4.93. The van der Waals surface area contributed by atoms with Crippen LogP contribution < -0.4 is 10.6 Å². The van der Waals surface area contributed by atoms with Crippen LogP contribution in [0, 0.1) is 11.6 Å². The van der Waals surface area contributed by atoms with E-state index in [-0.39, 0.29) is 0 Å². The van der Waals surface area contributed by atoms with Gasteiger partial charge in [-0.05, 0) is 12.1 Å². The number of nitrogens with one attached hydrogen (secondary N) is 2. The summed E-state index contributed by atoms with van der Waals surface area (Å²) in [6.45, 7) is 0. The van der Waals surface area contributed by atoms with Crippen LogP contribution in [0.2, 0.25) is 0 Å². The van der Waals surface area contributed by atoms with Gasteiger partial charge in [0.1, 0.15) is 17.3 Å². The number of benzene rings is 1. The summed E-state index contributed by atoms with van der Waals surface area (Å²) in [4.78, 5) is 21.2. The maximum atomic E-state index is 13.0. The molecule has 1 aromatic carbocycles. The van der Waals surface area contributed by atoms with Crippen LogP contribution in [-0.4, -0.2) is 18.1 Å². The van der Waals surface area contributed by atoms with Crippen LogP contribution in [0.3, 0.4) is 0 Å². The summed E-state index contributed by atoms with van der Waals surface area (Å²) in [5.41, 5.74) is -0.954. The number of carbonyl (C=O) groups excluding carboxylic acids is 2. The number of urea groups is 1. The van der Waals surface area contributed by atoms with E-state index >= 15 is 0 Å². The zero-order valence-corrected chi connectivity index (χ0v) is 8.44. The third kappa shape index (κ3) is 3.40. The molecule has 0 fully saturated rings. The largest absolute Gasteiger partial charge is 0.471 e. The number of hydrogen-bond acceptors (Lipinski definition) is 2. The van der Waals surface area contributed by atoms with Gasteiger partial charge in [0, 0.05) is 0 Å². The maximum Gasteiger partial charge on any atom is 0.471 e. The van der Waals surface area contributed by atoms with E-state index in [1.807, 2.05) is 0 Å². The molecule has 1 aromatic rings.